The van der Waals surface area contributed by atoms with Crippen molar-refractivity contribution in [3.05, 3.63) is 35.4 Å². The van der Waals surface area contributed by atoms with Crippen molar-refractivity contribution >= 4 is 15.5 Å². The van der Waals surface area contributed by atoms with E-state index in [9.17, 15) is 0 Å². The van der Waals surface area contributed by atoms with Crippen LogP contribution in [0.1, 0.15) is 36.9 Å². The molecule has 1 aliphatic heterocycles. The van der Waals surface area contributed by atoms with Crippen molar-refractivity contribution in [2.45, 2.75) is 44.7 Å². The first-order valence-electron chi connectivity index (χ1n) is 6.38. The summed E-state index contributed by atoms with van der Waals surface area (Å²) in [6, 6.07) is 9.15. The number of hydrogen-bond acceptors (Lipinski definition) is 2. The zero-order valence-corrected chi connectivity index (χ0v) is 10.8. The molecule has 0 saturated carbocycles. The number of fused-ring (bicyclic) bond motifs is 3. The van der Waals surface area contributed by atoms with Crippen molar-refractivity contribution in [2.75, 3.05) is 0 Å². The molecule has 18 heavy (non-hydrogen) atoms. The van der Waals surface area contributed by atoms with Gasteiger partial charge in [-0.2, -0.15) is 0 Å². The Labute approximate surface area is 124 Å². The second-order valence-corrected chi connectivity index (χ2v) is 4.85. The molecule has 2 nitrogen and oxygen atoms in total. The van der Waals surface area contributed by atoms with Gasteiger partial charge in [-0.25, -0.2) is 0 Å². The molecule has 0 spiro atoms. The Morgan fingerprint density at radius 1 is 1.39 bits per heavy atom. The second kappa shape index (κ2) is 6.87. The van der Waals surface area contributed by atoms with E-state index in [4.69, 9.17) is 4.65 Å². The molecule has 1 N–H and O–H groups in total. The van der Waals surface area contributed by atoms with Gasteiger partial charge in [0.25, 0.3) is 0 Å². The third-order valence-corrected chi connectivity index (χ3v) is 3.71. The SMILES string of the molecule is CCCCB1NC2c3ccccc3CC2O1.[BH4-].[Li+]. The van der Waals surface area contributed by atoms with Gasteiger partial charge in [0.1, 0.15) is 0 Å². The maximum Gasteiger partial charge on any atom is 1.00 e. The zero-order valence-electron chi connectivity index (χ0n) is 10.8. The van der Waals surface area contributed by atoms with Gasteiger partial charge in [0.05, 0.1) is 6.10 Å². The van der Waals surface area contributed by atoms with Gasteiger partial charge in [0.15, 0.2) is 0 Å². The van der Waals surface area contributed by atoms with Crippen molar-refractivity contribution in [2.24, 2.45) is 0 Å². The summed E-state index contributed by atoms with van der Waals surface area (Å²) in [5.41, 5.74) is 2.91. The number of hydrogen-bond donors (Lipinski definition) is 1. The Bertz CT molecular complexity index is 391. The fourth-order valence-corrected chi connectivity index (χ4v) is 2.87. The Hall–Kier alpha value is -0.133. The maximum atomic E-state index is 6.06. The molecular formula is C13H22B2LiNO. The topological polar surface area (TPSA) is 21.3 Å². The summed E-state index contributed by atoms with van der Waals surface area (Å²) in [5.74, 6) is 0. The normalized spacial score (nSPS) is 23.9. The van der Waals surface area contributed by atoms with Crippen LogP contribution in [0.2, 0.25) is 6.32 Å². The molecule has 92 valence electrons. The molecule has 1 aromatic carbocycles. The average Bonchev–Trinajstić information content (AvgIpc) is 2.83. The predicted octanol–water partition coefficient (Wildman–Crippen LogP) is -1.89. The fraction of sp³-hybridized carbons (Fsp3) is 0.538. The van der Waals surface area contributed by atoms with Gasteiger partial charge < -0.3 is 9.88 Å². The Morgan fingerprint density at radius 3 is 2.94 bits per heavy atom. The molecule has 1 saturated heterocycles. The number of rotatable bonds is 3. The predicted molar refractivity (Wildman–Crippen MR) is 77.7 cm³/mol. The monoisotopic (exact) mass is 237 g/mol. The van der Waals surface area contributed by atoms with Crippen molar-refractivity contribution in [3.63, 3.8) is 0 Å². The van der Waals surface area contributed by atoms with E-state index in [1.165, 1.54) is 24.0 Å². The fourth-order valence-electron chi connectivity index (χ4n) is 2.87. The first-order chi connectivity index (χ1) is 7.88. The van der Waals surface area contributed by atoms with Gasteiger partial charge in [-0.1, -0.05) is 52.4 Å². The molecular weight excluding hydrogens is 215 g/mol. The molecule has 2 aliphatic rings. The molecule has 1 fully saturated rings. The largest absolute Gasteiger partial charge is 1.00 e. The molecule has 1 heterocycles. The van der Waals surface area contributed by atoms with Crippen LogP contribution in [0, 0.1) is 0 Å². The second-order valence-electron chi connectivity index (χ2n) is 4.85. The maximum absolute atomic E-state index is 6.06. The van der Waals surface area contributed by atoms with E-state index >= 15 is 0 Å². The van der Waals surface area contributed by atoms with E-state index in [-0.39, 0.29) is 34.3 Å². The molecule has 2 unspecified atom stereocenters. The third kappa shape index (κ3) is 2.88. The van der Waals surface area contributed by atoms with Crippen LogP contribution in [-0.4, -0.2) is 21.6 Å². The summed E-state index contributed by atoms with van der Waals surface area (Å²) < 4.78 is 6.06. The molecule has 0 bridgehead atoms. The summed E-state index contributed by atoms with van der Waals surface area (Å²) in [7, 11) is 0.281. The van der Waals surface area contributed by atoms with E-state index in [0.717, 1.165) is 12.7 Å². The van der Waals surface area contributed by atoms with Crippen LogP contribution in [0.15, 0.2) is 24.3 Å². The Morgan fingerprint density at radius 2 is 2.17 bits per heavy atom. The van der Waals surface area contributed by atoms with Crippen LogP contribution in [0.4, 0.5) is 0 Å². The number of benzene rings is 1. The van der Waals surface area contributed by atoms with Crippen LogP contribution in [0.3, 0.4) is 0 Å². The molecule has 3 rings (SSSR count). The minimum atomic E-state index is 0. The summed E-state index contributed by atoms with van der Waals surface area (Å²) in [5, 5.41) is 3.62. The van der Waals surface area contributed by atoms with E-state index in [1.54, 1.807) is 0 Å². The first-order valence-corrected chi connectivity index (χ1v) is 6.38. The van der Waals surface area contributed by atoms with Crippen molar-refractivity contribution in [1.29, 1.82) is 0 Å². The van der Waals surface area contributed by atoms with E-state index in [2.05, 4.69) is 36.4 Å². The summed E-state index contributed by atoms with van der Waals surface area (Å²) in [6.45, 7) is 2.23. The van der Waals surface area contributed by atoms with Gasteiger partial charge in [-0.3, -0.25) is 0 Å². The molecule has 5 heteroatoms. The number of unbranched alkanes of at least 4 members (excludes halogenated alkanes) is 1. The van der Waals surface area contributed by atoms with Crippen LogP contribution in [-0.2, 0) is 11.1 Å². The average molecular weight is 237 g/mol. The van der Waals surface area contributed by atoms with Gasteiger partial charge >= 0.3 is 25.9 Å². The van der Waals surface area contributed by atoms with E-state index < -0.39 is 0 Å². The smallest absolute Gasteiger partial charge is 0.416 e. The summed E-state index contributed by atoms with van der Waals surface area (Å²) in [4.78, 5) is 0. The first kappa shape index (κ1) is 15.9. The minimum absolute atomic E-state index is 0. The van der Waals surface area contributed by atoms with E-state index in [1.807, 2.05) is 0 Å². The molecule has 0 radical (unpaired) electrons. The summed E-state index contributed by atoms with van der Waals surface area (Å²) >= 11 is 0. The van der Waals surface area contributed by atoms with E-state index in [0.29, 0.717) is 12.1 Å². The Balaban J connectivity index is 0.000000810. The van der Waals surface area contributed by atoms with Crippen LogP contribution in [0.25, 0.3) is 0 Å². The summed E-state index contributed by atoms with van der Waals surface area (Å²) in [6.07, 6.45) is 5.09. The van der Waals surface area contributed by atoms with Crippen molar-refractivity contribution in [1.82, 2.24) is 5.23 Å². The van der Waals surface area contributed by atoms with Gasteiger partial charge in [0.2, 0.25) is 0 Å². The van der Waals surface area contributed by atoms with Crippen molar-refractivity contribution < 1.29 is 23.5 Å². The molecule has 2 atom stereocenters. The van der Waals surface area contributed by atoms with Gasteiger partial charge in [-0.05, 0) is 23.9 Å². The standard InChI is InChI=1S/C13H18BNO.BH4.Li/c1-2-3-8-14-15-13-11-7-5-4-6-10(11)9-12(13)16-14;;/h4-7,12-13,15H,2-3,8-9H2,1H3;1H4;/q;-1;+1. The van der Waals surface area contributed by atoms with Crippen LogP contribution < -0.4 is 24.1 Å². The van der Waals surface area contributed by atoms with Gasteiger partial charge in [0, 0.05) is 6.04 Å². The molecule has 1 aromatic rings. The van der Waals surface area contributed by atoms with Gasteiger partial charge in [-0.15, -0.1) is 0 Å². The molecule has 0 amide bonds. The third-order valence-electron chi connectivity index (χ3n) is 3.71. The minimum Gasteiger partial charge on any atom is -0.416 e. The Kier molecular flexibility index (Phi) is 6.08. The van der Waals surface area contributed by atoms with Crippen LogP contribution >= 0.6 is 0 Å². The number of nitrogens with one attached hydrogen (secondary N) is 1. The zero-order chi connectivity index (χ0) is 11.0. The molecule has 1 aliphatic carbocycles. The van der Waals surface area contributed by atoms with Crippen molar-refractivity contribution in [3.8, 4) is 0 Å². The molecule has 0 aromatic heterocycles. The van der Waals surface area contributed by atoms with Crippen LogP contribution in [0.5, 0.6) is 0 Å². The quantitative estimate of drug-likeness (QED) is 0.621.